The Balaban J connectivity index is 1.35. The van der Waals surface area contributed by atoms with E-state index in [0.717, 1.165) is 0 Å². The average molecular weight is 476 g/mol. The Kier molecular flexibility index (Phi) is 6.39. The van der Waals surface area contributed by atoms with Gasteiger partial charge in [-0.1, -0.05) is 6.58 Å². The summed E-state index contributed by atoms with van der Waals surface area (Å²) in [7, 11) is -6.26. The second-order valence-corrected chi connectivity index (χ2v) is 9.03. The molecule has 3 fully saturated rings. The maximum Gasteiger partial charge on any atom is 0.431 e. The second-order valence-electron chi connectivity index (χ2n) is 7.56. The summed E-state index contributed by atoms with van der Waals surface area (Å²) in [6, 6.07) is 0. The molecule has 3 rings (SSSR count). The Morgan fingerprint density at radius 3 is 2.55 bits per heavy atom. The number of alkyl halides is 4. The smallest absolute Gasteiger partial charge is 0.431 e. The van der Waals surface area contributed by atoms with Crippen molar-refractivity contribution in [2.45, 2.75) is 61.3 Å². The van der Waals surface area contributed by atoms with Crippen molar-refractivity contribution in [3.63, 3.8) is 0 Å². The molecule has 0 aromatic heterocycles. The molecule has 3 aliphatic heterocycles. The molecule has 0 spiro atoms. The van der Waals surface area contributed by atoms with Gasteiger partial charge in [-0.3, -0.25) is 9.35 Å². The van der Waals surface area contributed by atoms with Gasteiger partial charge in [0, 0.05) is 13.0 Å². The number of unbranched alkanes of at least 4 members (excludes halogenated alkanes) is 1. The molecule has 0 radical (unpaired) electrons. The van der Waals surface area contributed by atoms with Crippen molar-refractivity contribution < 1.29 is 59.1 Å². The van der Waals surface area contributed by atoms with Crippen LogP contribution in [0.3, 0.4) is 0 Å². The van der Waals surface area contributed by atoms with Crippen molar-refractivity contribution in [3.8, 4) is 0 Å². The third kappa shape index (κ3) is 4.43. The fourth-order valence-electron chi connectivity index (χ4n) is 3.73. The van der Waals surface area contributed by atoms with Crippen LogP contribution in [0, 0.1) is 5.92 Å². The van der Waals surface area contributed by atoms with E-state index in [4.69, 9.17) is 23.5 Å². The van der Waals surface area contributed by atoms with Crippen molar-refractivity contribution in [1.82, 2.24) is 0 Å². The lowest BCUT2D eigenvalue weighted by Crippen LogP contribution is -2.46. The standard InChI is InChI=1S/C17H20F4O9S/c1-8(7-27-5-3-2-4-16(18,19)17(20,21)31(24,25)26)14(22)29-12-10-6-9-11(28-10)13(12)30-15(9)23/h9-13H,1-7H2,(H,24,25,26). The summed E-state index contributed by atoms with van der Waals surface area (Å²) in [6.07, 6.45) is -4.12. The van der Waals surface area contributed by atoms with Crippen LogP contribution in [0.1, 0.15) is 25.7 Å². The molecule has 0 saturated carbocycles. The van der Waals surface area contributed by atoms with Crippen molar-refractivity contribution >= 4 is 22.1 Å². The predicted molar refractivity (Wildman–Crippen MR) is 91.8 cm³/mol. The molecule has 5 unspecified atom stereocenters. The molecular formula is C17H20F4O9S. The van der Waals surface area contributed by atoms with Gasteiger partial charge >= 0.3 is 33.2 Å². The highest BCUT2D eigenvalue weighted by Gasteiger charge is 2.65. The van der Waals surface area contributed by atoms with Gasteiger partial charge in [0.2, 0.25) is 0 Å². The quantitative estimate of drug-likeness (QED) is 0.155. The van der Waals surface area contributed by atoms with Crippen molar-refractivity contribution in [3.05, 3.63) is 12.2 Å². The summed E-state index contributed by atoms with van der Waals surface area (Å²) in [5.41, 5.74) is -0.105. The summed E-state index contributed by atoms with van der Waals surface area (Å²) in [5.74, 6) is -6.52. The Bertz CT molecular complexity index is 860. The number of esters is 2. The number of rotatable bonds is 11. The van der Waals surface area contributed by atoms with E-state index in [-0.39, 0.29) is 31.1 Å². The molecule has 0 aromatic rings. The first-order valence-electron chi connectivity index (χ1n) is 9.31. The topological polar surface area (TPSA) is 125 Å². The average Bonchev–Trinajstić information content (AvgIpc) is 3.28. The highest BCUT2D eigenvalue weighted by Crippen LogP contribution is 2.47. The summed E-state index contributed by atoms with van der Waals surface area (Å²) >= 11 is 0. The Labute approximate surface area is 174 Å². The normalized spacial score (nSPS) is 29.8. The first-order chi connectivity index (χ1) is 14.3. The maximum absolute atomic E-state index is 13.3. The number of fused-ring (bicyclic) bond motifs is 1. The molecule has 3 saturated heterocycles. The lowest BCUT2D eigenvalue weighted by molar-refractivity contribution is -0.165. The van der Waals surface area contributed by atoms with Crippen LogP contribution < -0.4 is 0 Å². The van der Waals surface area contributed by atoms with Gasteiger partial charge in [0.15, 0.2) is 12.2 Å². The van der Waals surface area contributed by atoms with Gasteiger partial charge in [-0.2, -0.15) is 26.0 Å². The third-order valence-electron chi connectivity index (χ3n) is 5.37. The fourth-order valence-corrected chi connectivity index (χ4v) is 4.21. The summed E-state index contributed by atoms with van der Waals surface area (Å²) in [5, 5.41) is -5.60. The number of ether oxygens (including phenoxy) is 4. The second kappa shape index (κ2) is 8.30. The van der Waals surface area contributed by atoms with Gasteiger partial charge in [-0.15, -0.1) is 0 Å². The predicted octanol–water partition coefficient (Wildman–Crippen LogP) is 1.47. The number of halogens is 4. The first-order valence-corrected chi connectivity index (χ1v) is 10.8. The fraction of sp³-hybridized carbons (Fsp3) is 0.765. The van der Waals surface area contributed by atoms with Gasteiger partial charge in [0.25, 0.3) is 0 Å². The molecule has 0 aliphatic carbocycles. The minimum atomic E-state index is -6.26. The molecule has 14 heteroatoms. The number of carbonyl (C=O) groups excluding carboxylic acids is 2. The van der Waals surface area contributed by atoms with Crippen LogP contribution in [-0.4, -0.2) is 73.7 Å². The van der Waals surface area contributed by atoms with Crippen LogP contribution >= 0.6 is 0 Å². The van der Waals surface area contributed by atoms with Gasteiger partial charge in [0.1, 0.15) is 6.10 Å². The summed E-state index contributed by atoms with van der Waals surface area (Å²) in [6.45, 7) is 2.95. The van der Waals surface area contributed by atoms with Crippen molar-refractivity contribution in [2.24, 2.45) is 5.92 Å². The van der Waals surface area contributed by atoms with E-state index in [1.807, 2.05) is 0 Å². The molecule has 5 atom stereocenters. The van der Waals surface area contributed by atoms with Crippen LogP contribution in [0.15, 0.2) is 12.2 Å². The van der Waals surface area contributed by atoms with Gasteiger partial charge < -0.3 is 18.9 Å². The van der Waals surface area contributed by atoms with Crippen LogP contribution in [0.25, 0.3) is 0 Å². The molecule has 3 heterocycles. The van der Waals surface area contributed by atoms with Gasteiger partial charge in [0.05, 0.1) is 24.2 Å². The third-order valence-corrected chi connectivity index (χ3v) is 6.32. The molecule has 9 nitrogen and oxygen atoms in total. The van der Waals surface area contributed by atoms with Crippen molar-refractivity contribution in [1.29, 1.82) is 0 Å². The largest absolute Gasteiger partial charge is 0.455 e. The van der Waals surface area contributed by atoms with E-state index in [2.05, 4.69) is 6.58 Å². The molecule has 176 valence electrons. The molecular weight excluding hydrogens is 456 g/mol. The lowest BCUT2D eigenvalue weighted by Gasteiger charge is -2.23. The number of carbonyl (C=O) groups is 2. The minimum Gasteiger partial charge on any atom is -0.455 e. The van der Waals surface area contributed by atoms with Crippen LogP contribution in [0.2, 0.25) is 0 Å². The molecule has 0 amide bonds. The molecule has 31 heavy (non-hydrogen) atoms. The number of hydrogen-bond donors (Lipinski definition) is 1. The van der Waals surface area contributed by atoms with Crippen molar-refractivity contribution in [2.75, 3.05) is 13.2 Å². The Morgan fingerprint density at radius 2 is 1.90 bits per heavy atom. The van der Waals surface area contributed by atoms with E-state index in [1.165, 1.54) is 0 Å². The Morgan fingerprint density at radius 1 is 1.23 bits per heavy atom. The molecule has 2 bridgehead atoms. The zero-order chi connectivity index (χ0) is 23.2. The minimum absolute atomic E-state index is 0.105. The molecule has 1 N–H and O–H groups in total. The summed E-state index contributed by atoms with van der Waals surface area (Å²) in [4.78, 5) is 23.8. The van der Waals surface area contributed by atoms with Crippen LogP contribution in [0.4, 0.5) is 17.6 Å². The van der Waals surface area contributed by atoms with E-state index < -0.39 is 70.5 Å². The van der Waals surface area contributed by atoms with Crippen LogP contribution in [0.5, 0.6) is 0 Å². The highest BCUT2D eigenvalue weighted by atomic mass is 32.2. The highest BCUT2D eigenvalue weighted by molar-refractivity contribution is 7.87. The van der Waals surface area contributed by atoms with Gasteiger partial charge in [-0.25, -0.2) is 4.79 Å². The van der Waals surface area contributed by atoms with Crippen LogP contribution in [-0.2, 0) is 38.7 Å². The molecule has 3 aliphatic rings. The zero-order valence-electron chi connectivity index (χ0n) is 16.0. The van der Waals surface area contributed by atoms with E-state index >= 15 is 0 Å². The van der Waals surface area contributed by atoms with E-state index in [0.29, 0.717) is 6.42 Å². The van der Waals surface area contributed by atoms with E-state index in [1.54, 1.807) is 0 Å². The lowest BCUT2D eigenvalue weighted by atomic mass is 9.88. The monoisotopic (exact) mass is 476 g/mol. The van der Waals surface area contributed by atoms with E-state index in [9.17, 15) is 35.6 Å². The number of hydrogen-bond acceptors (Lipinski definition) is 8. The summed E-state index contributed by atoms with van der Waals surface area (Å²) < 4.78 is 103. The van der Waals surface area contributed by atoms with Gasteiger partial charge in [-0.05, 0) is 19.3 Å². The Hall–Kier alpha value is -1.77. The first kappa shape index (κ1) is 23.9. The zero-order valence-corrected chi connectivity index (χ0v) is 16.8. The molecule has 0 aromatic carbocycles. The SMILES string of the molecule is C=C(COCCCCC(F)(F)C(F)(F)S(=O)(=O)O)C(=O)OC1C2CC3C(=O)OC1C3O2. The maximum atomic E-state index is 13.3.